The van der Waals surface area contributed by atoms with Crippen molar-refractivity contribution < 1.29 is 19.2 Å². The molecule has 0 aliphatic heterocycles. The molecule has 7 nitrogen and oxygen atoms in total. The summed E-state index contributed by atoms with van der Waals surface area (Å²) in [5.74, 6) is -0.463. The summed E-state index contributed by atoms with van der Waals surface area (Å²) in [6.07, 6.45) is 3.75. The fraction of sp³-hybridized carbons (Fsp3) is 0.304. The summed E-state index contributed by atoms with van der Waals surface area (Å²) < 4.78 is 5.37. The molecule has 1 aromatic heterocycles. The molecule has 0 saturated carbocycles. The van der Waals surface area contributed by atoms with Crippen molar-refractivity contribution in [2.75, 3.05) is 5.32 Å². The minimum Gasteiger partial charge on any atom is -0.478 e. The van der Waals surface area contributed by atoms with Crippen molar-refractivity contribution in [2.45, 2.75) is 44.9 Å². The lowest BCUT2D eigenvalue weighted by Gasteiger charge is -2.14. The van der Waals surface area contributed by atoms with Crippen LogP contribution >= 0.6 is 0 Å². The Labute approximate surface area is 175 Å². The largest absolute Gasteiger partial charge is 0.478 e. The van der Waals surface area contributed by atoms with E-state index in [0.29, 0.717) is 12.3 Å². The molecule has 0 aliphatic carbocycles. The van der Waals surface area contributed by atoms with E-state index in [1.54, 1.807) is 18.2 Å². The molecule has 1 amide bonds. The van der Waals surface area contributed by atoms with Crippen LogP contribution in [-0.4, -0.2) is 27.1 Å². The molecule has 3 aromatic rings. The number of benzene rings is 2. The number of aromatic carboxylic acids is 1. The van der Waals surface area contributed by atoms with Gasteiger partial charge >= 0.3 is 5.97 Å². The lowest BCUT2D eigenvalue weighted by atomic mass is 9.91. The van der Waals surface area contributed by atoms with Gasteiger partial charge in [0.1, 0.15) is 0 Å². The van der Waals surface area contributed by atoms with Gasteiger partial charge in [0, 0.05) is 6.42 Å². The van der Waals surface area contributed by atoms with Gasteiger partial charge in [-0.3, -0.25) is 4.79 Å². The minimum atomic E-state index is -1.10. The van der Waals surface area contributed by atoms with Gasteiger partial charge < -0.3 is 14.9 Å². The maximum Gasteiger partial charge on any atom is 0.337 e. The molecule has 2 N–H and O–H groups in total. The average molecular weight is 407 g/mol. The first-order chi connectivity index (χ1) is 14.6. The first kappa shape index (κ1) is 21.2. The summed E-state index contributed by atoms with van der Waals surface area (Å²) in [4.78, 5) is 28.0. The third kappa shape index (κ3) is 5.76. The Hall–Kier alpha value is -3.48. The highest BCUT2D eigenvalue weighted by atomic mass is 16.5. The fourth-order valence-corrected chi connectivity index (χ4v) is 3.33. The zero-order chi connectivity index (χ0) is 21.3. The van der Waals surface area contributed by atoms with Crippen molar-refractivity contribution in [1.82, 2.24) is 10.1 Å². The van der Waals surface area contributed by atoms with Gasteiger partial charge in [-0.25, -0.2) is 4.79 Å². The maximum absolute atomic E-state index is 12.3. The number of hydrogen-bond acceptors (Lipinski definition) is 5. The molecule has 1 heterocycles. The highest BCUT2D eigenvalue weighted by Gasteiger charge is 2.18. The molecular weight excluding hydrogens is 382 g/mol. The van der Waals surface area contributed by atoms with Crippen LogP contribution in [-0.2, 0) is 17.6 Å². The van der Waals surface area contributed by atoms with Crippen LogP contribution in [0.2, 0.25) is 0 Å². The van der Waals surface area contributed by atoms with E-state index in [1.807, 2.05) is 18.2 Å². The maximum atomic E-state index is 12.3. The number of hydrogen-bond donors (Lipinski definition) is 2. The molecule has 2 aromatic carbocycles. The van der Waals surface area contributed by atoms with E-state index in [0.717, 1.165) is 19.3 Å². The second kappa shape index (κ2) is 10.3. The lowest BCUT2D eigenvalue weighted by Crippen LogP contribution is -2.17. The number of para-hydroxylation sites is 1. The molecule has 1 atom stereocenters. The van der Waals surface area contributed by atoms with Crippen LogP contribution in [0.3, 0.4) is 0 Å². The standard InChI is InChI=1S/C23H25N3O4/c1-2-3-9-17(16-10-5-4-6-11-16)14-22-25-20(26-30-22)15-21(27)24-19-13-8-7-12-18(19)23(28)29/h4-8,10-13,17H,2-3,9,14-15H2,1H3,(H,24,27)(H,28,29). The number of carboxylic acids is 1. The topological polar surface area (TPSA) is 105 Å². The summed E-state index contributed by atoms with van der Waals surface area (Å²) in [6.45, 7) is 2.16. The number of carbonyl (C=O) groups excluding carboxylic acids is 1. The Balaban J connectivity index is 1.64. The predicted octanol–water partition coefficient (Wildman–Crippen LogP) is 4.47. The summed E-state index contributed by atoms with van der Waals surface area (Å²) in [7, 11) is 0. The molecule has 0 fully saturated rings. The van der Waals surface area contributed by atoms with Crippen LogP contribution in [0.25, 0.3) is 0 Å². The van der Waals surface area contributed by atoms with Gasteiger partial charge in [-0.1, -0.05) is 67.4 Å². The third-order valence-corrected chi connectivity index (χ3v) is 4.86. The highest BCUT2D eigenvalue weighted by Crippen LogP contribution is 2.26. The van der Waals surface area contributed by atoms with Gasteiger partial charge in [-0.2, -0.15) is 4.98 Å². The van der Waals surface area contributed by atoms with Gasteiger partial charge in [0.05, 0.1) is 17.7 Å². The monoisotopic (exact) mass is 407 g/mol. The number of carbonyl (C=O) groups is 2. The summed E-state index contributed by atoms with van der Waals surface area (Å²) >= 11 is 0. The molecule has 0 bridgehead atoms. The Morgan fingerprint density at radius 2 is 1.83 bits per heavy atom. The van der Waals surface area contributed by atoms with E-state index in [-0.39, 0.29) is 29.4 Å². The second-order valence-electron chi connectivity index (χ2n) is 7.13. The van der Waals surface area contributed by atoms with E-state index < -0.39 is 11.9 Å². The van der Waals surface area contributed by atoms with E-state index in [4.69, 9.17) is 4.52 Å². The minimum absolute atomic E-state index is 0.0290. The number of carboxylic acid groups (broad SMARTS) is 1. The summed E-state index contributed by atoms with van der Waals surface area (Å²) in [6, 6.07) is 16.5. The van der Waals surface area contributed by atoms with Crippen LogP contribution in [0.4, 0.5) is 5.69 Å². The van der Waals surface area contributed by atoms with Gasteiger partial charge in [0.25, 0.3) is 0 Å². The molecule has 3 rings (SSSR count). The molecule has 0 saturated heterocycles. The number of aromatic nitrogens is 2. The van der Waals surface area contributed by atoms with Crippen molar-refractivity contribution >= 4 is 17.6 Å². The summed E-state index contributed by atoms with van der Waals surface area (Å²) in [5.41, 5.74) is 1.50. The van der Waals surface area contributed by atoms with Gasteiger partial charge in [0.15, 0.2) is 5.82 Å². The van der Waals surface area contributed by atoms with E-state index >= 15 is 0 Å². The van der Waals surface area contributed by atoms with Crippen LogP contribution < -0.4 is 5.32 Å². The van der Waals surface area contributed by atoms with Crippen molar-refractivity contribution in [2.24, 2.45) is 0 Å². The first-order valence-corrected chi connectivity index (χ1v) is 10.1. The van der Waals surface area contributed by atoms with Gasteiger partial charge in [-0.15, -0.1) is 0 Å². The zero-order valence-electron chi connectivity index (χ0n) is 16.9. The number of amides is 1. The SMILES string of the molecule is CCCCC(Cc1nc(CC(=O)Nc2ccccc2C(=O)O)no1)c1ccccc1. The van der Waals surface area contributed by atoms with Crippen LogP contribution in [0.15, 0.2) is 59.1 Å². The zero-order valence-corrected chi connectivity index (χ0v) is 16.9. The normalized spacial score (nSPS) is 11.8. The number of nitrogens with zero attached hydrogens (tertiary/aromatic N) is 2. The van der Waals surface area contributed by atoms with Crippen molar-refractivity contribution in [3.05, 3.63) is 77.4 Å². The van der Waals surface area contributed by atoms with E-state index in [1.165, 1.54) is 11.6 Å². The first-order valence-electron chi connectivity index (χ1n) is 10.1. The molecule has 0 aliphatic rings. The number of rotatable bonds is 10. The van der Waals surface area contributed by atoms with Crippen LogP contribution in [0, 0.1) is 0 Å². The highest BCUT2D eigenvalue weighted by molar-refractivity contribution is 6.00. The predicted molar refractivity (Wildman–Crippen MR) is 112 cm³/mol. The van der Waals surface area contributed by atoms with Crippen LogP contribution in [0.1, 0.15) is 59.7 Å². The van der Waals surface area contributed by atoms with Gasteiger partial charge in [-0.05, 0) is 30.0 Å². The van der Waals surface area contributed by atoms with Crippen molar-refractivity contribution in [3.8, 4) is 0 Å². The Morgan fingerprint density at radius 1 is 1.10 bits per heavy atom. The lowest BCUT2D eigenvalue weighted by molar-refractivity contribution is -0.115. The van der Waals surface area contributed by atoms with Crippen molar-refractivity contribution in [1.29, 1.82) is 0 Å². The van der Waals surface area contributed by atoms with E-state index in [9.17, 15) is 14.7 Å². The number of unbranched alkanes of at least 4 members (excludes halogenated alkanes) is 1. The number of nitrogens with one attached hydrogen (secondary N) is 1. The molecule has 30 heavy (non-hydrogen) atoms. The number of anilines is 1. The fourth-order valence-electron chi connectivity index (χ4n) is 3.33. The quantitative estimate of drug-likeness (QED) is 0.514. The smallest absolute Gasteiger partial charge is 0.337 e. The van der Waals surface area contributed by atoms with Crippen LogP contribution in [0.5, 0.6) is 0 Å². The second-order valence-corrected chi connectivity index (χ2v) is 7.13. The Bertz CT molecular complexity index is 985. The Morgan fingerprint density at radius 3 is 2.57 bits per heavy atom. The molecule has 0 radical (unpaired) electrons. The molecule has 0 spiro atoms. The molecule has 1 unspecified atom stereocenters. The molecule has 7 heteroatoms. The van der Waals surface area contributed by atoms with Gasteiger partial charge in [0.2, 0.25) is 11.8 Å². The Kier molecular flexibility index (Phi) is 7.32. The molecule has 156 valence electrons. The third-order valence-electron chi connectivity index (χ3n) is 4.86. The molecular formula is C23H25N3O4. The average Bonchev–Trinajstić information content (AvgIpc) is 3.18. The van der Waals surface area contributed by atoms with Crippen molar-refractivity contribution in [3.63, 3.8) is 0 Å². The summed E-state index contributed by atoms with van der Waals surface area (Å²) in [5, 5.41) is 15.7. The van der Waals surface area contributed by atoms with E-state index in [2.05, 4.69) is 34.5 Å².